The van der Waals surface area contributed by atoms with Crippen molar-refractivity contribution in [2.75, 3.05) is 11.2 Å². The molecule has 0 aliphatic carbocycles. The first-order valence-corrected chi connectivity index (χ1v) is 9.62. The number of alkyl halides is 1. The molecule has 0 bridgehead atoms. The van der Waals surface area contributed by atoms with Gasteiger partial charge in [0.2, 0.25) is 11.8 Å². The third-order valence-corrected chi connectivity index (χ3v) is 4.73. The van der Waals surface area contributed by atoms with Gasteiger partial charge in [-0.2, -0.15) is 0 Å². The van der Waals surface area contributed by atoms with Crippen molar-refractivity contribution in [1.82, 2.24) is 10.3 Å². The lowest BCUT2D eigenvalue weighted by atomic mass is 10.1. The smallest absolute Gasteiger partial charge is 0.227 e. The molecule has 0 radical (unpaired) electrons. The fraction of sp³-hybridized carbons (Fsp3) is 0.211. The third kappa shape index (κ3) is 4.97. The normalized spacial score (nSPS) is 10.8. The number of carbonyl (C=O) groups is 1. The molecule has 0 aliphatic rings. The summed E-state index contributed by atoms with van der Waals surface area (Å²) in [5.41, 5.74) is 3.81. The number of hydrogen-bond donors (Lipinski definition) is 2. The lowest BCUT2D eigenvalue weighted by Gasteiger charge is -2.08. The molecule has 1 amide bonds. The molecule has 0 fully saturated rings. The Hall–Kier alpha value is -2.15. The number of fused-ring (bicyclic) bond motifs is 1. The molecule has 0 spiro atoms. The van der Waals surface area contributed by atoms with Gasteiger partial charge in [-0.1, -0.05) is 17.7 Å². The van der Waals surface area contributed by atoms with Crippen LogP contribution in [0.5, 0.6) is 0 Å². The first kappa shape index (κ1) is 19.6. The van der Waals surface area contributed by atoms with Crippen molar-refractivity contribution >= 4 is 63.2 Å². The van der Waals surface area contributed by atoms with E-state index in [0.717, 1.165) is 11.1 Å². The molecule has 0 saturated carbocycles. The summed E-state index contributed by atoms with van der Waals surface area (Å²) < 4.78 is 5.81. The fourth-order valence-corrected chi connectivity index (χ4v) is 2.98. The van der Waals surface area contributed by atoms with Gasteiger partial charge in [0.1, 0.15) is 5.52 Å². The van der Waals surface area contributed by atoms with Gasteiger partial charge in [0.15, 0.2) is 10.7 Å². The van der Waals surface area contributed by atoms with Gasteiger partial charge >= 0.3 is 0 Å². The topological polar surface area (TPSA) is 67.2 Å². The van der Waals surface area contributed by atoms with Crippen LogP contribution in [0.1, 0.15) is 18.4 Å². The number of benzene rings is 2. The second-order valence-electron chi connectivity index (χ2n) is 5.96. The zero-order valence-corrected chi connectivity index (χ0v) is 16.8. The van der Waals surface area contributed by atoms with E-state index in [9.17, 15) is 4.79 Å². The van der Waals surface area contributed by atoms with Crippen molar-refractivity contribution in [3.63, 3.8) is 0 Å². The minimum absolute atomic E-state index is 0.172. The van der Waals surface area contributed by atoms with Gasteiger partial charge in [0.25, 0.3) is 0 Å². The van der Waals surface area contributed by atoms with Crippen molar-refractivity contribution < 1.29 is 9.21 Å². The van der Waals surface area contributed by atoms with Gasteiger partial charge in [-0.25, -0.2) is 4.98 Å². The van der Waals surface area contributed by atoms with E-state index in [0.29, 0.717) is 46.4 Å². The number of hydrogen-bond acceptors (Lipinski definition) is 4. The van der Waals surface area contributed by atoms with Gasteiger partial charge in [0, 0.05) is 28.6 Å². The van der Waals surface area contributed by atoms with Crippen LogP contribution in [0.15, 0.2) is 40.8 Å². The van der Waals surface area contributed by atoms with Gasteiger partial charge in [-0.3, -0.25) is 4.79 Å². The quantitative estimate of drug-likeness (QED) is 0.432. The van der Waals surface area contributed by atoms with Gasteiger partial charge < -0.3 is 15.1 Å². The average molecular weight is 422 g/mol. The molecular weight excluding hydrogens is 405 g/mol. The van der Waals surface area contributed by atoms with Crippen LogP contribution < -0.4 is 10.6 Å². The number of aryl methyl sites for hydroxylation is 1. The van der Waals surface area contributed by atoms with Gasteiger partial charge in [0.05, 0.1) is 0 Å². The number of nitrogens with one attached hydrogen (secondary N) is 2. The molecule has 3 rings (SSSR count). The van der Waals surface area contributed by atoms with Crippen LogP contribution in [-0.2, 0) is 4.79 Å². The molecule has 27 heavy (non-hydrogen) atoms. The second-order valence-corrected chi connectivity index (χ2v) is 7.15. The van der Waals surface area contributed by atoms with Crippen LogP contribution in [0, 0.1) is 6.92 Å². The first-order valence-electron chi connectivity index (χ1n) is 8.30. The summed E-state index contributed by atoms with van der Waals surface area (Å²) in [5, 5.41) is 6.47. The summed E-state index contributed by atoms with van der Waals surface area (Å²) in [4.78, 5) is 16.2. The monoisotopic (exact) mass is 421 g/mol. The lowest BCUT2D eigenvalue weighted by molar-refractivity contribution is -0.119. The van der Waals surface area contributed by atoms with Crippen LogP contribution in [0.4, 0.5) is 5.69 Å². The number of aromatic nitrogens is 1. The Balaban J connectivity index is 1.74. The fourth-order valence-electron chi connectivity index (χ4n) is 2.43. The van der Waals surface area contributed by atoms with E-state index >= 15 is 0 Å². The van der Waals surface area contributed by atoms with Crippen LogP contribution in [0.25, 0.3) is 22.6 Å². The summed E-state index contributed by atoms with van der Waals surface area (Å²) in [6.45, 7) is 1.94. The first-order chi connectivity index (χ1) is 13.0. The summed E-state index contributed by atoms with van der Waals surface area (Å²) in [6, 6.07) is 11.1. The van der Waals surface area contributed by atoms with Crippen LogP contribution in [0.3, 0.4) is 0 Å². The van der Waals surface area contributed by atoms with Crippen LogP contribution >= 0.6 is 35.4 Å². The number of rotatable bonds is 5. The molecular formula is C19H17Cl2N3O2S. The standard InChI is InChI=1S/C19H17Cl2N3O2S/c1-11-4-5-12(9-14(11)21)18-23-15-10-13(6-7-16(15)26-18)22-19(27)24-17(25)3-2-8-20/h4-7,9-10H,2-3,8H2,1H3,(H2,22,24,25,27). The van der Waals surface area contributed by atoms with Crippen molar-refractivity contribution in [2.24, 2.45) is 0 Å². The molecule has 5 nitrogen and oxygen atoms in total. The molecule has 0 unspecified atom stereocenters. The molecule has 1 aromatic heterocycles. The number of anilines is 1. The van der Waals surface area contributed by atoms with Crippen molar-refractivity contribution in [3.05, 3.63) is 47.0 Å². The Morgan fingerprint density at radius 1 is 1.26 bits per heavy atom. The number of oxazole rings is 1. The minimum atomic E-state index is -0.172. The highest BCUT2D eigenvalue weighted by Gasteiger charge is 2.11. The maximum absolute atomic E-state index is 11.7. The molecule has 2 aromatic carbocycles. The molecule has 3 aromatic rings. The van der Waals surface area contributed by atoms with E-state index in [-0.39, 0.29) is 11.0 Å². The molecule has 8 heteroatoms. The summed E-state index contributed by atoms with van der Waals surface area (Å²) in [7, 11) is 0. The molecule has 0 saturated heterocycles. The van der Waals surface area contributed by atoms with E-state index in [1.165, 1.54) is 0 Å². The highest BCUT2D eigenvalue weighted by atomic mass is 35.5. The Kier molecular flexibility index (Phi) is 6.31. The summed E-state index contributed by atoms with van der Waals surface area (Å²) in [5.74, 6) is 0.750. The van der Waals surface area contributed by atoms with Crippen LogP contribution in [0.2, 0.25) is 5.02 Å². The largest absolute Gasteiger partial charge is 0.436 e. The number of carbonyl (C=O) groups excluding carboxylic acids is 1. The predicted octanol–water partition coefficient (Wildman–Crippen LogP) is 5.29. The van der Waals surface area contributed by atoms with Gasteiger partial charge in [-0.05, 0) is 61.5 Å². The lowest BCUT2D eigenvalue weighted by Crippen LogP contribution is -2.33. The predicted molar refractivity (Wildman–Crippen MR) is 114 cm³/mol. The molecule has 1 heterocycles. The van der Waals surface area contributed by atoms with E-state index < -0.39 is 0 Å². The van der Waals surface area contributed by atoms with Crippen LogP contribution in [-0.4, -0.2) is 21.9 Å². The molecule has 2 N–H and O–H groups in total. The number of nitrogens with zero attached hydrogens (tertiary/aromatic N) is 1. The number of halogens is 2. The van der Waals surface area contributed by atoms with Crippen molar-refractivity contribution in [1.29, 1.82) is 0 Å². The third-order valence-electron chi connectivity index (χ3n) is 3.85. The van der Waals surface area contributed by atoms with E-state index in [1.807, 2.05) is 25.1 Å². The SMILES string of the molecule is Cc1ccc(-c2nc3cc(NC(=S)NC(=O)CCCCl)ccc3o2)cc1Cl. The average Bonchev–Trinajstić information content (AvgIpc) is 3.05. The number of amides is 1. The maximum Gasteiger partial charge on any atom is 0.227 e. The highest BCUT2D eigenvalue weighted by molar-refractivity contribution is 7.80. The minimum Gasteiger partial charge on any atom is -0.436 e. The van der Waals surface area contributed by atoms with Crippen molar-refractivity contribution in [3.8, 4) is 11.5 Å². The van der Waals surface area contributed by atoms with E-state index in [2.05, 4.69) is 15.6 Å². The Morgan fingerprint density at radius 3 is 2.81 bits per heavy atom. The second kappa shape index (κ2) is 8.69. The summed E-state index contributed by atoms with van der Waals surface area (Å²) in [6.07, 6.45) is 0.933. The zero-order chi connectivity index (χ0) is 19.4. The van der Waals surface area contributed by atoms with E-state index in [1.54, 1.807) is 18.2 Å². The molecule has 0 aliphatic heterocycles. The molecule has 0 atom stereocenters. The highest BCUT2D eigenvalue weighted by Crippen LogP contribution is 2.29. The Labute approximate surface area is 172 Å². The zero-order valence-electron chi connectivity index (χ0n) is 14.5. The van der Waals surface area contributed by atoms with Gasteiger partial charge in [-0.15, -0.1) is 11.6 Å². The molecule has 140 valence electrons. The summed E-state index contributed by atoms with van der Waals surface area (Å²) >= 11 is 16.9. The van der Waals surface area contributed by atoms with E-state index in [4.69, 9.17) is 39.8 Å². The Bertz CT molecular complexity index is 1000. The van der Waals surface area contributed by atoms with Crippen molar-refractivity contribution in [2.45, 2.75) is 19.8 Å². The Morgan fingerprint density at radius 2 is 2.07 bits per heavy atom. The number of thiocarbonyl (C=S) groups is 1. The maximum atomic E-state index is 11.7.